The Balaban J connectivity index is 0.822. The van der Waals surface area contributed by atoms with Crippen LogP contribution in [0.1, 0.15) is 82.1 Å². The largest absolute Gasteiger partial charge is 0.459 e. The van der Waals surface area contributed by atoms with Gasteiger partial charge in [0, 0.05) is 28.7 Å². The summed E-state index contributed by atoms with van der Waals surface area (Å²) in [5.41, 5.74) is 3.83. The highest BCUT2D eigenvalue weighted by Crippen LogP contribution is 2.82. The van der Waals surface area contributed by atoms with Crippen molar-refractivity contribution >= 4 is 11.9 Å². The minimum absolute atomic E-state index is 0.00106. The first-order chi connectivity index (χ1) is 34.6. The fraction of sp³-hybridized carbons (Fsp3) is 0.525. The molecule has 3 aliphatic carbocycles. The summed E-state index contributed by atoms with van der Waals surface area (Å²) < 4.78 is 66.9. The van der Waals surface area contributed by atoms with Gasteiger partial charge in [0.1, 0.15) is 48.3 Å². The first kappa shape index (κ1) is 48.5. The van der Waals surface area contributed by atoms with Gasteiger partial charge >= 0.3 is 11.9 Å². The minimum Gasteiger partial charge on any atom is -0.459 e. The number of benzene rings is 4. The Kier molecular flexibility index (Phi) is 13.6. The maximum Gasteiger partial charge on any atom is 0.334 e. The monoisotopic (exact) mass is 968 g/mol. The average Bonchev–Trinajstić information content (AvgIpc) is 4.31. The number of hydrogen-bond acceptors (Lipinski definition) is 12. The van der Waals surface area contributed by atoms with Gasteiger partial charge in [0.2, 0.25) is 0 Å². The van der Waals surface area contributed by atoms with Crippen molar-refractivity contribution in [1.82, 2.24) is 0 Å². The summed E-state index contributed by atoms with van der Waals surface area (Å²) in [6.45, 7) is 11.3. The molecule has 0 radical (unpaired) electrons. The predicted octanol–water partition coefficient (Wildman–Crippen LogP) is 9.27. The summed E-state index contributed by atoms with van der Waals surface area (Å²) in [6, 6.07) is 40.2. The topological polar surface area (TPSA) is 130 Å². The molecule has 2 saturated carbocycles. The predicted molar refractivity (Wildman–Crippen MR) is 261 cm³/mol. The number of cyclic esters (lactones) is 1. The number of rotatable bonds is 20. The van der Waals surface area contributed by atoms with Crippen molar-refractivity contribution in [2.75, 3.05) is 26.4 Å². The smallest absolute Gasteiger partial charge is 0.334 e. The molecule has 0 bridgehead atoms. The molecular weight excluding hydrogens is 901 g/mol. The Morgan fingerprint density at radius 1 is 0.732 bits per heavy atom. The van der Waals surface area contributed by atoms with E-state index >= 15 is 0 Å². The van der Waals surface area contributed by atoms with E-state index in [2.05, 4.69) is 27.7 Å². The van der Waals surface area contributed by atoms with Gasteiger partial charge in [-0.1, -0.05) is 142 Å². The van der Waals surface area contributed by atoms with E-state index in [-0.39, 0.29) is 72.9 Å². The van der Waals surface area contributed by atoms with Crippen LogP contribution in [-0.4, -0.2) is 92.5 Å². The second-order valence-corrected chi connectivity index (χ2v) is 21.5. The van der Waals surface area contributed by atoms with Crippen molar-refractivity contribution in [3.05, 3.63) is 155 Å². The van der Waals surface area contributed by atoms with Crippen LogP contribution in [0.3, 0.4) is 0 Å². The van der Waals surface area contributed by atoms with E-state index in [1.54, 1.807) is 0 Å². The first-order valence-electron chi connectivity index (χ1n) is 25.8. The molecule has 4 heterocycles. The van der Waals surface area contributed by atoms with Crippen molar-refractivity contribution < 1.29 is 57.0 Å². The fourth-order valence-corrected chi connectivity index (χ4v) is 13.5. The lowest BCUT2D eigenvalue weighted by Crippen LogP contribution is -2.73. The number of esters is 2. The molecule has 5 fully saturated rings. The molecule has 0 N–H and O–H groups in total. The number of fused-ring (bicyclic) bond motifs is 4. The zero-order chi connectivity index (χ0) is 48.8. The molecule has 5 unspecified atom stereocenters. The van der Waals surface area contributed by atoms with E-state index in [1.165, 1.54) is 0 Å². The van der Waals surface area contributed by atoms with E-state index in [1.807, 2.05) is 121 Å². The van der Waals surface area contributed by atoms with Gasteiger partial charge in [-0.15, -0.1) is 0 Å². The van der Waals surface area contributed by atoms with Gasteiger partial charge in [-0.25, -0.2) is 4.79 Å². The molecule has 12 heteroatoms. The summed E-state index contributed by atoms with van der Waals surface area (Å²) >= 11 is 0. The zero-order valence-electron chi connectivity index (χ0n) is 41.4. The Morgan fingerprint density at radius 2 is 1.31 bits per heavy atom. The SMILES string of the molecule is CC(C)[C@]12C[C@H]1[C@@H]1O[C@@]13[C@@]1(C)CCC4=C(COC4=O)[C@@H]1CO[C@]3(C)[C@@H]2OC(=O)CCCOC1OC(COCc2ccccc2)C(OCc2ccccc2)C(OCc2ccccc2)C1OCc1ccccc1. The van der Waals surface area contributed by atoms with E-state index in [9.17, 15) is 9.59 Å². The van der Waals surface area contributed by atoms with E-state index < -0.39 is 48.0 Å². The summed E-state index contributed by atoms with van der Waals surface area (Å²) in [5.74, 6) is -0.00649. The van der Waals surface area contributed by atoms with Gasteiger partial charge in [0.15, 0.2) is 6.29 Å². The molecule has 11 rings (SSSR count). The summed E-state index contributed by atoms with van der Waals surface area (Å²) in [4.78, 5) is 27.0. The van der Waals surface area contributed by atoms with Crippen LogP contribution in [0.4, 0.5) is 0 Å². The van der Waals surface area contributed by atoms with Gasteiger partial charge in [-0.2, -0.15) is 0 Å². The number of carbonyl (C=O) groups is 2. The highest BCUT2D eigenvalue weighted by molar-refractivity contribution is 5.92. The molecule has 4 aliphatic heterocycles. The van der Waals surface area contributed by atoms with E-state index in [4.69, 9.17) is 47.4 Å². The molecule has 1 spiro atoms. The van der Waals surface area contributed by atoms with Gasteiger partial charge in [-0.3, -0.25) is 4.79 Å². The van der Waals surface area contributed by atoms with Gasteiger partial charge in [0.05, 0.1) is 52.4 Å². The maximum atomic E-state index is 14.3. The van der Waals surface area contributed by atoms with Crippen molar-refractivity contribution in [2.45, 2.75) is 140 Å². The zero-order valence-corrected chi connectivity index (χ0v) is 41.4. The number of carbonyl (C=O) groups excluding carboxylic acids is 2. The van der Waals surface area contributed by atoms with E-state index in [0.29, 0.717) is 45.9 Å². The van der Waals surface area contributed by atoms with Crippen LogP contribution in [0.2, 0.25) is 0 Å². The molecule has 13 atom stereocenters. The van der Waals surface area contributed by atoms with Gasteiger partial charge in [-0.05, 0) is 72.3 Å². The molecule has 376 valence electrons. The third-order valence-electron chi connectivity index (χ3n) is 17.3. The lowest BCUT2D eigenvalue weighted by atomic mass is 9.49. The van der Waals surface area contributed by atoms with Gasteiger partial charge < -0.3 is 47.4 Å². The van der Waals surface area contributed by atoms with Crippen molar-refractivity contribution in [3.63, 3.8) is 0 Å². The van der Waals surface area contributed by atoms with Crippen LogP contribution in [0.5, 0.6) is 0 Å². The van der Waals surface area contributed by atoms with Gasteiger partial charge in [0.25, 0.3) is 0 Å². The molecule has 0 aromatic heterocycles. The Hall–Kier alpha value is -4.76. The summed E-state index contributed by atoms with van der Waals surface area (Å²) in [5, 5.41) is 0. The second-order valence-electron chi connectivity index (χ2n) is 21.5. The van der Waals surface area contributed by atoms with Crippen LogP contribution in [0.15, 0.2) is 132 Å². The molecule has 3 saturated heterocycles. The molecule has 71 heavy (non-hydrogen) atoms. The second kappa shape index (κ2) is 19.9. The normalized spacial score (nSPS) is 35.4. The Labute approximate surface area is 417 Å². The molecule has 4 aromatic rings. The van der Waals surface area contributed by atoms with Crippen LogP contribution in [0, 0.1) is 28.6 Å². The van der Waals surface area contributed by atoms with Crippen molar-refractivity contribution in [2.24, 2.45) is 28.6 Å². The maximum absolute atomic E-state index is 14.3. The number of epoxide rings is 1. The third kappa shape index (κ3) is 8.79. The third-order valence-corrected chi connectivity index (χ3v) is 17.3. The highest BCUT2D eigenvalue weighted by Gasteiger charge is 2.93. The number of ether oxygens (including phenoxy) is 10. The fourth-order valence-electron chi connectivity index (χ4n) is 13.5. The van der Waals surface area contributed by atoms with Crippen LogP contribution in [-0.2, 0) is 83.4 Å². The molecule has 12 nitrogen and oxygen atoms in total. The highest BCUT2D eigenvalue weighted by atomic mass is 16.7. The molecule has 4 aromatic carbocycles. The molecule has 7 aliphatic rings. The quantitative estimate of drug-likeness (QED) is 0.0476. The van der Waals surface area contributed by atoms with Crippen LogP contribution in [0.25, 0.3) is 0 Å². The standard InChI is InChI=1S/C59H68O12/c1-38(2)58-30-45(58)52-59(71-52)56(3)28-27-43-44(35-67-53(43)61)46(56)36-68-57(59,4)55(58)70-48(60)26-17-29-63-54-51(66-34-42-24-15-8-16-25-42)50(65-33-41-22-13-7-14-23-41)49(64-32-40-20-11-6-12-21-40)47(69-54)37-62-31-39-18-9-5-10-19-39/h5-16,18-25,38,45-47,49-52,54-55H,17,26-37H2,1-4H3/t45-,46-,47?,49?,50?,51?,52-,54?,55-,56-,57+,58+,59+/m0/s1. The molecule has 0 amide bonds. The summed E-state index contributed by atoms with van der Waals surface area (Å²) in [7, 11) is 0. The van der Waals surface area contributed by atoms with Crippen LogP contribution < -0.4 is 0 Å². The van der Waals surface area contributed by atoms with E-state index in [0.717, 1.165) is 46.2 Å². The molecular formula is C59H68O12. The van der Waals surface area contributed by atoms with Crippen LogP contribution >= 0.6 is 0 Å². The minimum atomic E-state index is -0.897. The first-order valence-corrected chi connectivity index (χ1v) is 25.8. The van der Waals surface area contributed by atoms with Crippen molar-refractivity contribution in [1.29, 1.82) is 0 Å². The average molecular weight is 969 g/mol. The number of hydrogen-bond donors (Lipinski definition) is 0. The Bertz CT molecular complexity index is 2520. The Morgan fingerprint density at radius 3 is 1.92 bits per heavy atom. The summed E-state index contributed by atoms with van der Waals surface area (Å²) in [6.07, 6.45) is -1.12. The lowest BCUT2D eigenvalue weighted by Gasteiger charge is -2.61. The lowest BCUT2D eigenvalue weighted by molar-refractivity contribution is -0.328. The van der Waals surface area contributed by atoms with Crippen molar-refractivity contribution in [3.8, 4) is 0 Å².